The van der Waals surface area contributed by atoms with E-state index in [0.29, 0.717) is 23.0 Å². The summed E-state index contributed by atoms with van der Waals surface area (Å²) in [5.74, 6) is 0.410. The SMILES string of the molecule is CC(N)CCNC(=O)c1cc(C2CC2)nc2ccc(Cl)cc12.Cl.Cl. The lowest BCUT2D eigenvalue weighted by Crippen LogP contribution is -2.29. The van der Waals surface area contributed by atoms with E-state index in [-0.39, 0.29) is 36.8 Å². The van der Waals surface area contributed by atoms with Gasteiger partial charge in [0.1, 0.15) is 0 Å². The first-order chi connectivity index (χ1) is 10.5. The smallest absolute Gasteiger partial charge is 0.252 e. The van der Waals surface area contributed by atoms with E-state index >= 15 is 0 Å². The quantitative estimate of drug-likeness (QED) is 0.808. The molecule has 1 aliphatic carbocycles. The topological polar surface area (TPSA) is 68.0 Å². The summed E-state index contributed by atoms with van der Waals surface area (Å²) < 4.78 is 0. The van der Waals surface area contributed by atoms with E-state index in [0.717, 1.165) is 35.9 Å². The van der Waals surface area contributed by atoms with E-state index in [1.54, 1.807) is 6.07 Å². The second-order valence-corrected chi connectivity index (χ2v) is 6.49. The molecule has 0 spiro atoms. The minimum absolute atomic E-state index is 0. The van der Waals surface area contributed by atoms with Gasteiger partial charge in [-0.05, 0) is 50.5 Å². The van der Waals surface area contributed by atoms with Crippen molar-refractivity contribution >= 4 is 53.2 Å². The minimum atomic E-state index is -0.0859. The molecule has 3 N–H and O–H groups in total. The molecular weight excluding hydrogens is 369 g/mol. The molecule has 1 aromatic carbocycles. The maximum absolute atomic E-state index is 12.5. The molecule has 1 atom stereocenters. The monoisotopic (exact) mass is 389 g/mol. The predicted octanol–water partition coefficient (Wildman–Crippen LogP) is 4.08. The average molecular weight is 391 g/mol. The predicted molar refractivity (Wildman–Crippen MR) is 104 cm³/mol. The Morgan fingerprint density at radius 2 is 2.08 bits per heavy atom. The first-order valence-electron chi connectivity index (χ1n) is 7.68. The summed E-state index contributed by atoms with van der Waals surface area (Å²) in [5.41, 5.74) is 8.20. The van der Waals surface area contributed by atoms with Crippen LogP contribution in [0.2, 0.25) is 5.02 Å². The number of carbonyl (C=O) groups excluding carboxylic acids is 1. The Bertz CT molecular complexity index is 718. The van der Waals surface area contributed by atoms with Gasteiger partial charge in [-0.1, -0.05) is 11.6 Å². The van der Waals surface area contributed by atoms with Gasteiger partial charge in [0.15, 0.2) is 0 Å². The number of rotatable bonds is 5. The van der Waals surface area contributed by atoms with Crippen LogP contribution in [0.15, 0.2) is 24.3 Å². The summed E-state index contributed by atoms with van der Waals surface area (Å²) in [6.45, 7) is 2.50. The van der Waals surface area contributed by atoms with Gasteiger partial charge in [-0.25, -0.2) is 0 Å². The van der Waals surface area contributed by atoms with Crippen molar-refractivity contribution in [2.75, 3.05) is 6.54 Å². The molecule has 1 aromatic heterocycles. The summed E-state index contributed by atoms with van der Waals surface area (Å²) in [7, 11) is 0. The number of nitrogens with one attached hydrogen (secondary N) is 1. The van der Waals surface area contributed by atoms with E-state index < -0.39 is 0 Å². The van der Waals surface area contributed by atoms with Gasteiger partial charge in [-0.2, -0.15) is 0 Å². The zero-order chi connectivity index (χ0) is 15.7. The number of pyridine rings is 1. The van der Waals surface area contributed by atoms with Gasteiger partial charge in [-0.15, -0.1) is 24.8 Å². The maximum Gasteiger partial charge on any atom is 0.252 e. The van der Waals surface area contributed by atoms with Crippen LogP contribution in [-0.2, 0) is 0 Å². The second-order valence-electron chi connectivity index (χ2n) is 6.05. The highest BCUT2D eigenvalue weighted by Gasteiger charge is 2.27. The van der Waals surface area contributed by atoms with E-state index in [4.69, 9.17) is 17.3 Å². The highest BCUT2D eigenvalue weighted by atomic mass is 35.5. The third-order valence-corrected chi connectivity index (χ3v) is 4.15. The van der Waals surface area contributed by atoms with Gasteiger partial charge in [0.05, 0.1) is 11.1 Å². The molecule has 1 unspecified atom stereocenters. The number of amides is 1. The van der Waals surface area contributed by atoms with E-state index in [1.165, 1.54) is 0 Å². The lowest BCUT2D eigenvalue weighted by atomic mass is 10.1. The molecule has 132 valence electrons. The number of nitrogens with zero attached hydrogens (tertiary/aromatic N) is 1. The number of nitrogens with two attached hydrogens (primary N) is 1. The normalized spacial score (nSPS) is 14.5. The molecule has 1 fully saturated rings. The molecule has 1 amide bonds. The first kappa shape index (κ1) is 21.0. The zero-order valence-corrected chi connectivity index (χ0v) is 15.8. The van der Waals surface area contributed by atoms with Crippen LogP contribution >= 0.6 is 36.4 Å². The van der Waals surface area contributed by atoms with Gasteiger partial charge in [0.2, 0.25) is 0 Å². The highest BCUT2D eigenvalue weighted by Crippen LogP contribution is 2.40. The lowest BCUT2D eigenvalue weighted by molar-refractivity contribution is 0.0954. The molecule has 1 heterocycles. The molecule has 3 rings (SSSR count). The number of hydrogen-bond donors (Lipinski definition) is 2. The van der Waals surface area contributed by atoms with Crippen molar-refractivity contribution in [1.29, 1.82) is 0 Å². The molecule has 7 heteroatoms. The fourth-order valence-corrected chi connectivity index (χ4v) is 2.68. The van der Waals surface area contributed by atoms with Crippen molar-refractivity contribution < 1.29 is 4.79 Å². The third kappa shape index (κ3) is 4.96. The van der Waals surface area contributed by atoms with Crippen molar-refractivity contribution in [3.8, 4) is 0 Å². The van der Waals surface area contributed by atoms with Crippen molar-refractivity contribution in [3.63, 3.8) is 0 Å². The van der Waals surface area contributed by atoms with E-state index in [9.17, 15) is 4.79 Å². The number of hydrogen-bond acceptors (Lipinski definition) is 3. The first-order valence-corrected chi connectivity index (χ1v) is 8.06. The summed E-state index contributed by atoms with van der Waals surface area (Å²) in [6, 6.07) is 7.48. The number of halogens is 3. The Hall–Kier alpha value is -1.07. The van der Waals surface area contributed by atoms with Crippen LogP contribution in [0.3, 0.4) is 0 Å². The largest absolute Gasteiger partial charge is 0.352 e. The minimum Gasteiger partial charge on any atom is -0.352 e. The Balaban J connectivity index is 0.00000144. The maximum atomic E-state index is 12.5. The molecule has 0 radical (unpaired) electrons. The van der Waals surface area contributed by atoms with Crippen molar-refractivity contribution in [2.24, 2.45) is 5.73 Å². The Kier molecular flexibility index (Phi) is 7.74. The standard InChI is InChI=1S/C17H20ClN3O.2ClH/c1-10(19)6-7-20-17(22)14-9-16(11-2-3-11)21-15-5-4-12(18)8-13(14)15;;/h4-5,8-11H,2-3,6-7,19H2,1H3,(H,20,22);2*1H. The van der Waals surface area contributed by atoms with Crippen molar-refractivity contribution in [3.05, 3.63) is 40.5 Å². The number of benzene rings is 1. The van der Waals surface area contributed by atoms with Crippen LogP contribution in [0.1, 0.15) is 48.2 Å². The lowest BCUT2D eigenvalue weighted by Gasteiger charge is -2.11. The fourth-order valence-electron chi connectivity index (χ4n) is 2.50. The van der Waals surface area contributed by atoms with Gasteiger partial charge < -0.3 is 11.1 Å². The van der Waals surface area contributed by atoms with Crippen LogP contribution in [0, 0.1) is 0 Å². The molecule has 1 aliphatic rings. The van der Waals surface area contributed by atoms with Crippen LogP contribution in [0.5, 0.6) is 0 Å². The molecule has 2 aromatic rings. The highest BCUT2D eigenvalue weighted by molar-refractivity contribution is 6.31. The third-order valence-electron chi connectivity index (χ3n) is 3.92. The molecule has 0 saturated heterocycles. The Labute approximate surface area is 159 Å². The molecule has 0 bridgehead atoms. The van der Waals surface area contributed by atoms with Crippen LogP contribution < -0.4 is 11.1 Å². The van der Waals surface area contributed by atoms with Crippen LogP contribution in [0.25, 0.3) is 10.9 Å². The summed E-state index contributed by atoms with van der Waals surface area (Å²) >= 11 is 6.08. The molecular formula is C17H22Cl3N3O. The summed E-state index contributed by atoms with van der Waals surface area (Å²) in [6.07, 6.45) is 3.06. The summed E-state index contributed by atoms with van der Waals surface area (Å²) in [5, 5.41) is 4.35. The number of fused-ring (bicyclic) bond motifs is 1. The van der Waals surface area contributed by atoms with E-state index in [2.05, 4.69) is 10.3 Å². The molecule has 4 nitrogen and oxygen atoms in total. The van der Waals surface area contributed by atoms with Gasteiger partial charge in [0, 0.05) is 34.6 Å². The van der Waals surface area contributed by atoms with Crippen LogP contribution in [0.4, 0.5) is 0 Å². The van der Waals surface area contributed by atoms with Crippen molar-refractivity contribution in [2.45, 2.75) is 38.1 Å². The molecule has 24 heavy (non-hydrogen) atoms. The average Bonchev–Trinajstić information content (AvgIpc) is 3.30. The Morgan fingerprint density at radius 1 is 1.38 bits per heavy atom. The fraction of sp³-hybridized carbons (Fsp3) is 0.412. The van der Waals surface area contributed by atoms with Gasteiger partial charge in [0.25, 0.3) is 5.91 Å². The van der Waals surface area contributed by atoms with Crippen LogP contribution in [-0.4, -0.2) is 23.5 Å². The molecule has 0 aliphatic heterocycles. The Morgan fingerprint density at radius 3 is 2.71 bits per heavy atom. The van der Waals surface area contributed by atoms with Gasteiger partial charge in [-0.3, -0.25) is 9.78 Å². The number of carbonyl (C=O) groups is 1. The zero-order valence-electron chi connectivity index (χ0n) is 13.4. The van der Waals surface area contributed by atoms with E-state index in [1.807, 2.05) is 25.1 Å². The molecule has 1 saturated carbocycles. The second kappa shape index (κ2) is 8.86. The summed E-state index contributed by atoms with van der Waals surface area (Å²) in [4.78, 5) is 17.2. The van der Waals surface area contributed by atoms with Crippen molar-refractivity contribution in [1.82, 2.24) is 10.3 Å². The van der Waals surface area contributed by atoms with Gasteiger partial charge >= 0.3 is 0 Å². The number of aromatic nitrogens is 1.